The molecule has 0 bridgehead atoms. The van der Waals surface area contributed by atoms with Crippen LogP contribution < -0.4 is 10.1 Å². The minimum atomic E-state index is 0.189. The van der Waals surface area contributed by atoms with Crippen LogP contribution in [-0.4, -0.2) is 18.7 Å². The fourth-order valence-electron chi connectivity index (χ4n) is 1.46. The van der Waals surface area contributed by atoms with E-state index in [4.69, 9.17) is 16.3 Å². The van der Waals surface area contributed by atoms with Crippen LogP contribution in [0.3, 0.4) is 0 Å². The van der Waals surface area contributed by atoms with Crippen molar-refractivity contribution in [2.24, 2.45) is 0 Å². The van der Waals surface area contributed by atoms with Crippen molar-refractivity contribution in [1.29, 1.82) is 0 Å². The Balaban J connectivity index is 2.20. The normalized spacial score (nSPS) is 11.6. The predicted molar refractivity (Wildman–Crippen MR) is 81.6 cm³/mol. The molecule has 0 saturated heterocycles. The van der Waals surface area contributed by atoms with E-state index < -0.39 is 0 Å². The Hall–Kier alpha value is -0.250. The number of nitrogens with one attached hydrogen (secondary N) is 1. The molecule has 0 aromatic heterocycles. The smallest absolute Gasteiger partial charge is 0.139 e. The van der Waals surface area contributed by atoms with E-state index in [-0.39, 0.29) is 5.54 Å². The second-order valence-corrected chi connectivity index (χ2v) is 6.63. The molecular weight excluding hydrogens is 314 g/mol. The molecule has 0 saturated carbocycles. The molecule has 102 valence electrons. The van der Waals surface area contributed by atoms with Crippen molar-refractivity contribution in [2.45, 2.75) is 39.2 Å². The second kappa shape index (κ2) is 7.37. The number of unbranched alkanes of at least 4 members (excludes halogenated alkanes) is 1. The largest absolute Gasteiger partial charge is 0.492 e. The minimum absolute atomic E-state index is 0.189. The van der Waals surface area contributed by atoms with Crippen molar-refractivity contribution in [1.82, 2.24) is 5.32 Å². The molecular formula is C14H21BrClNO. The standard InChI is InChI=1S/C14H21BrClNO/c1-14(2,3)17-8-4-5-9-18-13-10-11(15)6-7-12(13)16/h6-7,10,17H,4-5,8-9H2,1-3H3. The molecule has 1 aromatic rings. The van der Waals surface area contributed by atoms with Crippen molar-refractivity contribution in [2.75, 3.05) is 13.2 Å². The number of rotatable bonds is 6. The molecule has 1 N–H and O–H groups in total. The van der Waals surface area contributed by atoms with Gasteiger partial charge in [-0.3, -0.25) is 0 Å². The molecule has 0 unspecified atom stereocenters. The van der Waals surface area contributed by atoms with Gasteiger partial charge in [0.2, 0.25) is 0 Å². The van der Waals surface area contributed by atoms with Gasteiger partial charge in [0.15, 0.2) is 0 Å². The van der Waals surface area contributed by atoms with E-state index in [0.717, 1.165) is 29.6 Å². The average molecular weight is 335 g/mol. The molecule has 1 aromatic carbocycles. The topological polar surface area (TPSA) is 21.3 Å². The first kappa shape index (κ1) is 15.8. The van der Waals surface area contributed by atoms with E-state index in [1.54, 1.807) is 0 Å². The highest BCUT2D eigenvalue weighted by Gasteiger charge is 2.07. The minimum Gasteiger partial charge on any atom is -0.492 e. The maximum absolute atomic E-state index is 6.04. The fraction of sp³-hybridized carbons (Fsp3) is 0.571. The van der Waals surface area contributed by atoms with Crippen molar-refractivity contribution in [3.05, 3.63) is 27.7 Å². The molecule has 0 aliphatic rings. The van der Waals surface area contributed by atoms with Crippen molar-refractivity contribution in [3.63, 3.8) is 0 Å². The molecule has 0 fully saturated rings. The van der Waals surface area contributed by atoms with Crippen LogP contribution in [0.15, 0.2) is 22.7 Å². The third-order valence-electron chi connectivity index (χ3n) is 2.38. The lowest BCUT2D eigenvalue weighted by molar-refractivity contribution is 0.301. The van der Waals surface area contributed by atoms with Gasteiger partial charge in [-0.1, -0.05) is 27.5 Å². The van der Waals surface area contributed by atoms with Gasteiger partial charge in [0.25, 0.3) is 0 Å². The summed E-state index contributed by atoms with van der Waals surface area (Å²) in [5.74, 6) is 0.745. The third-order valence-corrected chi connectivity index (χ3v) is 3.18. The highest BCUT2D eigenvalue weighted by Crippen LogP contribution is 2.27. The number of benzene rings is 1. The summed E-state index contributed by atoms with van der Waals surface area (Å²) in [6, 6.07) is 5.64. The molecule has 0 aliphatic heterocycles. The van der Waals surface area contributed by atoms with Crippen LogP contribution in [0.5, 0.6) is 5.75 Å². The van der Waals surface area contributed by atoms with Crippen LogP contribution >= 0.6 is 27.5 Å². The van der Waals surface area contributed by atoms with E-state index in [1.165, 1.54) is 0 Å². The van der Waals surface area contributed by atoms with Crippen LogP contribution in [0.2, 0.25) is 5.02 Å². The predicted octanol–water partition coefficient (Wildman–Crippen LogP) is 4.65. The molecule has 0 heterocycles. The molecule has 0 amide bonds. The molecule has 0 radical (unpaired) electrons. The zero-order chi connectivity index (χ0) is 13.6. The highest BCUT2D eigenvalue weighted by atomic mass is 79.9. The first-order chi connectivity index (χ1) is 8.38. The van der Waals surface area contributed by atoms with Crippen LogP contribution in [0, 0.1) is 0 Å². The lowest BCUT2D eigenvalue weighted by Crippen LogP contribution is -2.36. The van der Waals surface area contributed by atoms with Crippen molar-refractivity contribution < 1.29 is 4.74 Å². The number of ether oxygens (including phenoxy) is 1. The Morgan fingerprint density at radius 2 is 2.00 bits per heavy atom. The molecule has 1 rings (SSSR count). The van der Waals surface area contributed by atoms with Gasteiger partial charge in [-0.15, -0.1) is 0 Å². The van der Waals surface area contributed by atoms with Gasteiger partial charge >= 0.3 is 0 Å². The number of hydrogen-bond acceptors (Lipinski definition) is 2. The summed E-state index contributed by atoms with van der Waals surface area (Å²) < 4.78 is 6.64. The Morgan fingerprint density at radius 3 is 2.67 bits per heavy atom. The zero-order valence-electron chi connectivity index (χ0n) is 11.2. The molecule has 0 atom stereocenters. The van der Waals surface area contributed by atoms with Crippen molar-refractivity contribution in [3.8, 4) is 5.75 Å². The summed E-state index contributed by atoms with van der Waals surface area (Å²) in [6.07, 6.45) is 2.12. The number of hydrogen-bond donors (Lipinski definition) is 1. The molecule has 18 heavy (non-hydrogen) atoms. The SMILES string of the molecule is CC(C)(C)NCCCCOc1cc(Br)ccc1Cl. The summed E-state index contributed by atoms with van der Waals surface area (Å²) in [5.41, 5.74) is 0.189. The van der Waals surface area contributed by atoms with Gasteiger partial charge in [0.1, 0.15) is 5.75 Å². The maximum atomic E-state index is 6.04. The van der Waals surface area contributed by atoms with Gasteiger partial charge in [0.05, 0.1) is 11.6 Å². The van der Waals surface area contributed by atoms with Crippen molar-refractivity contribution >= 4 is 27.5 Å². The van der Waals surface area contributed by atoms with E-state index in [0.29, 0.717) is 11.6 Å². The Kier molecular flexibility index (Phi) is 6.47. The second-order valence-electron chi connectivity index (χ2n) is 5.31. The summed E-state index contributed by atoms with van der Waals surface area (Å²) in [7, 11) is 0. The highest BCUT2D eigenvalue weighted by molar-refractivity contribution is 9.10. The molecule has 4 heteroatoms. The monoisotopic (exact) mass is 333 g/mol. The van der Waals surface area contributed by atoms with Gasteiger partial charge in [-0.25, -0.2) is 0 Å². The van der Waals surface area contributed by atoms with E-state index in [1.807, 2.05) is 18.2 Å². The van der Waals surface area contributed by atoms with Crippen LogP contribution in [0.1, 0.15) is 33.6 Å². The van der Waals surface area contributed by atoms with E-state index in [2.05, 4.69) is 42.0 Å². The summed E-state index contributed by atoms with van der Waals surface area (Å²) in [5, 5.41) is 4.11. The summed E-state index contributed by atoms with van der Waals surface area (Å²) >= 11 is 9.44. The number of halogens is 2. The van der Waals surface area contributed by atoms with Crippen LogP contribution in [0.25, 0.3) is 0 Å². The van der Waals surface area contributed by atoms with E-state index >= 15 is 0 Å². The maximum Gasteiger partial charge on any atom is 0.139 e. The first-order valence-corrected chi connectivity index (χ1v) is 7.38. The Bertz CT molecular complexity index is 377. The van der Waals surface area contributed by atoms with E-state index in [9.17, 15) is 0 Å². The molecule has 0 aliphatic carbocycles. The van der Waals surface area contributed by atoms with Gasteiger partial charge in [0, 0.05) is 10.0 Å². The zero-order valence-corrected chi connectivity index (χ0v) is 13.6. The quantitative estimate of drug-likeness (QED) is 0.765. The lowest BCUT2D eigenvalue weighted by Gasteiger charge is -2.20. The van der Waals surface area contributed by atoms with Crippen LogP contribution in [-0.2, 0) is 0 Å². The first-order valence-electron chi connectivity index (χ1n) is 6.21. The Labute approximate surface area is 123 Å². The third kappa shape index (κ3) is 6.62. The Morgan fingerprint density at radius 1 is 1.28 bits per heavy atom. The molecule has 0 spiro atoms. The summed E-state index contributed by atoms with van der Waals surface area (Å²) in [4.78, 5) is 0. The average Bonchev–Trinajstić information content (AvgIpc) is 2.26. The van der Waals surface area contributed by atoms with Gasteiger partial charge < -0.3 is 10.1 Å². The fourth-order valence-corrected chi connectivity index (χ4v) is 1.97. The lowest BCUT2D eigenvalue weighted by atomic mass is 10.1. The van der Waals surface area contributed by atoms with Gasteiger partial charge in [-0.2, -0.15) is 0 Å². The van der Waals surface area contributed by atoms with Crippen LogP contribution in [0.4, 0.5) is 0 Å². The molecule has 2 nitrogen and oxygen atoms in total. The summed E-state index contributed by atoms with van der Waals surface area (Å²) in [6.45, 7) is 8.22. The van der Waals surface area contributed by atoms with Gasteiger partial charge in [-0.05, 0) is 58.4 Å².